The van der Waals surface area contributed by atoms with Crippen LogP contribution in [0.25, 0.3) is 0 Å². The Labute approximate surface area is 141 Å². The molecule has 0 bridgehead atoms. The molecule has 2 aliphatic rings. The van der Waals surface area contributed by atoms with Crippen LogP contribution < -0.4 is 4.90 Å². The van der Waals surface area contributed by atoms with E-state index in [1.807, 2.05) is 24.3 Å². The molecule has 0 aliphatic carbocycles. The van der Waals surface area contributed by atoms with Gasteiger partial charge in [0, 0.05) is 13.0 Å². The average molecular weight is 346 g/mol. The van der Waals surface area contributed by atoms with E-state index in [1.54, 1.807) is 0 Å². The highest BCUT2D eigenvalue weighted by molar-refractivity contribution is 6.21. The van der Waals surface area contributed by atoms with Crippen molar-refractivity contribution < 1.29 is 22.8 Å². The van der Waals surface area contributed by atoms with Gasteiger partial charge in [0.05, 0.1) is 11.3 Å². The van der Waals surface area contributed by atoms with Gasteiger partial charge in [-0.15, -0.1) is 0 Å². The normalized spacial score (nSPS) is 19.9. The third kappa shape index (κ3) is 2.38. The van der Waals surface area contributed by atoms with Gasteiger partial charge in [0.15, 0.2) is 0 Å². The molecule has 1 atom stereocenters. The van der Waals surface area contributed by atoms with Crippen molar-refractivity contribution in [2.24, 2.45) is 0 Å². The predicted octanol–water partition coefficient (Wildman–Crippen LogP) is 3.60. The number of benzene rings is 2. The molecule has 2 heterocycles. The van der Waals surface area contributed by atoms with Crippen molar-refractivity contribution in [2.75, 3.05) is 4.90 Å². The Morgan fingerprint density at radius 1 is 0.920 bits per heavy atom. The number of para-hydroxylation sites is 1. The SMILES string of the molecule is O=C1C2Cc3ccccc3CN2C(=O)N1c1ccccc1C(F)(F)F. The van der Waals surface area contributed by atoms with Crippen LogP contribution >= 0.6 is 0 Å². The van der Waals surface area contributed by atoms with Crippen molar-refractivity contribution in [1.29, 1.82) is 0 Å². The second-order valence-electron chi connectivity index (χ2n) is 6.09. The summed E-state index contributed by atoms with van der Waals surface area (Å²) in [4.78, 5) is 27.5. The number of hydrogen-bond donors (Lipinski definition) is 0. The van der Waals surface area contributed by atoms with Crippen molar-refractivity contribution in [2.45, 2.75) is 25.2 Å². The van der Waals surface area contributed by atoms with Crippen LogP contribution in [0.1, 0.15) is 16.7 Å². The highest BCUT2D eigenvalue weighted by atomic mass is 19.4. The van der Waals surface area contributed by atoms with E-state index in [-0.39, 0.29) is 6.54 Å². The first-order valence-electron chi connectivity index (χ1n) is 7.75. The maximum Gasteiger partial charge on any atom is 0.418 e. The first kappa shape index (κ1) is 15.7. The van der Waals surface area contributed by atoms with Crippen LogP contribution in [0.2, 0.25) is 0 Å². The zero-order chi connectivity index (χ0) is 17.8. The molecule has 0 aromatic heterocycles. The Morgan fingerprint density at radius 2 is 1.56 bits per heavy atom. The number of amides is 3. The van der Waals surface area contributed by atoms with E-state index in [9.17, 15) is 22.8 Å². The van der Waals surface area contributed by atoms with Crippen molar-refractivity contribution in [1.82, 2.24) is 4.90 Å². The predicted molar refractivity (Wildman–Crippen MR) is 83.8 cm³/mol. The molecule has 4 rings (SSSR count). The molecule has 0 N–H and O–H groups in total. The van der Waals surface area contributed by atoms with Gasteiger partial charge in [-0.05, 0) is 23.3 Å². The molecule has 2 aliphatic heterocycles. The van der Waals surface area contributed by atoms with Crippen LogP contribution in [0.15, 0.2) is 48.5 Å². The summed E-state index contributed by atoms with van der Waals surface area (Å²) in [7, 11) is 0. The summed E-state index contributed by atoms with van der Waals surface area (Å²) < 4.78 is 39.8. The number of nitrogens with zero attached hydrogens (tertiary/aromatic N) is 2. The Bertz CT molecular complexity index is 836. The third-order valence-corrected chi connectivity index (χ3v) is 4.64. The van der Waals surface area contributed by atoms with Gasteiger partial charge in [0.1, 0.15) is 6.04 Å². The fraction of sp³-hybridized carbons (Fsp3) is 0.222. The molecular formula is C18H13F3N2O2. The molecule has 2 aromatic rings. The van der Waals surface area contributed by atoms with E-state index < -0.39 is 35.4 Å². The van der Waals surface area contributed by atoms with Crippen LogP contribution in [0, 0.1) is 0 Å². The lowest BCUT2D eigenvalue weighted by molar-refractivity contribution is -0.137. The van der Waals surface area contributed by atoms with E-state index in [4.69, 9.17) is 0 Å². The number of carbonyl (C=O) groups excluding carboxylic acids is 2. The second kappa shape index (κ2) is 5.34. The summed E-state index contributed by atoms with van der Waals surface area (Å²) in [6.07, 6.45) is -4.34. The van der Waals surface area contributed by atoms with Crippen LogP contribution in [-0.2, 0) is 23.9 Å². The third-order valence-electron chi connectivity index (χ3n) is 4.64. The molecule has 0 radical (unpaired) electrons. The number of halogens is 3. The van der Waals surface area contributed by atoms with Gasteiger partial charge in [-0.3, -0.25) is 4.79 Å². The monoisotopic (exact) mass is 346 g/mol. The molecule has 3 amide bonds. The van der Waals surface area contributed by atoms with Crippen molar-refractivity contribution in [3.8, 4) is 0 Å². The minimum absolute atomic E-state index is 0.218. The molecule has 0 saturated carbocycles. The lowest BCUT2D eigenvalue weighted by Crippen LogP contribution is -2.39. The topological polar surface area (TPSA) is 40.6 Å². The van der Waals surface area contributed by atoms with E-state index in [2.05, 4.69) is 0 Å². The fourth-order valence-corrected chi connectivity index (χ4v) is 3.45. The smallest absolute Gasteiger partial charge is 0.307 e. The molecule has 4 nitrogen and oxygen atoms in total. The largest absolute Gasteiger partial charge is 0.418 e. The number of alkyl halides is 3. The lowest BCUT2D eigenvalue weighted by Gasteiger charge is -2.28. The Hall–Kier alpha value is -2.83. The van der Waals surface area contributed by atoms with Crippen molar-refractivity contribution in [3.63, 3.8) is 0 Å². The quantitative estimate of drug-likeness (QED) is 0.741. The van der Waals surface area contributed by atoms with Crippen molar-refractivity contribution in [3.05, 3.63) is 65.2 Å². The first-order chi connectivity index (χ1) is 11.9. The van der Waals surface area contributed by atoms with Crippen LogP contribution in [0.4, 0.5) is 23.7 Å². The minimum atomic E-state index is -4.65. The summed E-state index contributed by atoms with van der Waals surface area (Å²) >= 11 is 0. The molecule has 128 valence electrons. The van der Waals surface area contributed by atoms with Gasteiger partial charge in [-0.25, -0.2) is 9.69 Å². The van der Waals surface area contributed by atoms with Gasteiger partial charge in [0.2, 0.25) is 0 Å². The molecule has 2 aromatic carbocycles. The van der Waals surface area contributed by atoms with Gasteiger partial charge < -0.3 is 4.90 Å². The van der Waals surface area contributed by atoms with Crippen LogP contribution in [0.5, 0.6) is 0 Å². The van der Waals surface area contributed by atoms with Gasteiger partial charge >= 0.3 is 12.2 Å². The summed E-state index contributed by atoms with van der Waals surface area (Å²) in [5, 5.41) is 0. The van der Waals surface area contributed by atoms with Gasteiger partial charge in [-0.2, -0.15) is 13.2 Å². The molecule has 1 unspecified atom stereocenters. The van der Waals surface area contributed by atoms with E-state index >= 15 is 0 Å². The van der Waals surface area contributed by atoms with E-state index in [0.29, 0.717) is 11.3 Å². The molecular weight excluding hydrogens is 333 g/mol. The van der Waals surface area contributed by atoms with Crippen LogP contribution in [-0.4, -0.2) is 22.9 Å². The molecule has 7 heteroatoms. The van der Waals surface area contributed by atoms with Crippen molar-refractivity contribution >= 4 is 17.6 Å². The van der Waals surface area contributed by atoms with Gasteiger partial charge in [0.25, 0.3) is 5.91 Å². The number of carbonyl (C=O) groups is 2. The zero-order valence-electron chi connectivity index (χ0n) is 13.0. The number of urea groups is 1. The standard InChI is InChI=1S/C18H13F3N2O2/c19-18(20,21)13-7-3-4-8-14(13)23-16(24)15-9-11-5-1-2-6-12(11)10-22(15)17(23)25/h1-8,15H,9-10H2. The number of hydrogen-bond acceptors (Lipinski definition) is 2. The molecule has 0 spiro atoms. The van der Waals surface area contributed by atoms with Gasteiger partial charge in [-0.1, -0.05) is 36.4 Å². The number of fused-ring (bicyclic) bond motifs is 2. The summed E-state index contributed by atoms with van der Waals surface area (Å²) in [5.41, 5.74) is 0.444. The lowest BCUT2D eigenvalue weighted by atomic mass is 9.95. The highest BCUT2D eigenvalue weighted by Gasteiger charge is 2.49. The molecule has 25 heavy (non-hydrogen) atoms. The Morgan fingerprint density at radius 3 is 2.28 bits per heavy atom. The Kier molecular flexibility index (Phi) is 3.35. The summed E-state index contributed by atoms with van der Waals surface area (Å²) in [5.74, 6) is -0.615. The summed E-state index contributed by atoms with van der Waals surface area (Å²) in [6.45, 7) is 0.218. The van der Waals surface area contributed by atoms with E-state index in [0.717, 1.165) is 23.3 Å². The minimum Gasteiger partial charge on any atom is -0.307 e. The number of anilines is 1. The maximum atomic E-state index is 13.3. The van der Waals surface area contributed by atoms with E-state index in [1.165, 1.54) is 17.0 Å². The fourth-order valence-electron chi connectivity index (χ4n) is 3.45. The first-order valence-corrected chi connectivity index (χ1v) is 7.75. The van der Waals surface area contributed by atoms with Crippen LogP contribution in [0.3, 0.4) is 0 Å². The number of rotatable bonds is 1. The molecule has 1 fully saturated rings. The molecule has 1 saturated heterocycles. The summed E-state index contributed by atoms with van der Waals surface area (Å²) in [6, 6.07) is 10.6. The number of imide groups is 1. The zero-order valence-corrected chi connectivity index (χ0v) is 13.0. The maximum absolute atomic E-state index is 13.3. The average Bonchev–Trinajstić information content (AvgIpc) is 2.83. The Balaban J connectivity index is 1.76. The second-order valence-corrected chi connectivity index (χ2v) is 6.09. The highest BCUT2D eigenvalue weighted by Crippen LogP contribution is 2.40.